The Morgan fingerprint density at radius 2 is 1.88 bits per heavy atom. The summed E-state index contributed by atoms with van der Waals surface area (Å²) in [6, 6.07) is 12.9. The lowest BCUT2D eigenvalue weighted by atomic mass is 10.0. The van der Waals surface area contributed by atoms with Crippen molar-refractivity contribution in [1.29, 1.82) is 0 Å². The van der Waals surface area contributed by atoms with Gasteiger partial charge in [0.2, 0.25) is 0 Å². The smallest absolute Gasteiger partial charge is 0.346 e. The number of alkyl halides is 3. The number of halogens is 3. The lowest BCUT2D eigenvalue weighted by molar-refractivity contribution is -0.137. The summed E-state index contributed by atoms with van der Waals surface area (Å²) in [6.45, 7) is 0.552. The molecule has 0 radical (unpaired) electrons. The van der Waals surface area contributed by atoms with Crippen LogP contribution < -0.4 is 4.90 Å². The maximum absolute atomic E-state index is 14.2. The van der Waals surface area contributed by atoms with E-state index in [1.54, 1.807) is 24.5 Å². The molecular weight excluding hydrogens is 441 g/mol. The molecule has 0 unspecified atom stereocenters. The van der Waals surface area contributed by atoms with Gasteiger partial charge in [0.05, 0.1) is 28.2 Å². The van der Waals surface area contributed by atoms with E-state index in [0.29, 0.717) is 24.6 Å². The van der Waals surface area contributed by atoms with Crippen molar-refractivity contribution >= 4 is 11.6 Å². The summed E-state index contributed by atoms with van der Waals surface area (Å²) < 4.78 is 44.0. The normalized spacial score (nSPS) is 17.3. The SMILES string of the molecule is O=C(c1ccc(-n2ccc(C3CC3)n2)cc1C(F)(F)F)N1C=C2CC=CN2Cc2ccccc21. The number of benzene rings is 2. The van der Waals surface area contributed by atoms with Gasteiger partial charge in [0.1, 0.15) is 0 Å². The number of aromatic nitrogens is 2. The van der Waals surface area contributed by atoms with E-state index in [1.165, 1.54) is 21.7 Å². The number of allylic oxidation sites excluding steroid dienone is 1. The summed E-state index contributed by atoms with van der Waals surface area (Å²) in [6.07, 6.45) is 5.25. The van der Waals surface area contributed by atoms with Crippen LogP contribution in [-0.2, 0) is 12.7 Å². The Labute approximate surface area is 194 Å². The Bertz CT molecular complexity index is 1350. The van der Waals surface area contributed by atoms with Crippen molar-refractivity contribution in [2.45, 2.75) is 37.9 Å². The highest BCUT2D eigenvalue weighted by molar-refractivity contribution is 6.09. The van der Waals surface area contributed by atoms with Crippen LogP contribution >= 0.6 is 0 Å². The maximum atomic E-state index is 14.2. The Hall–Kier alpha value is -3.81. The van der Waals surface area contributed by atoms with Gasteiger partial charge < -0.3 is 4.90 Å². The van der Waals surface area contributed by atoms with E-state index in [2.05, 4.69) is 5.10 Å². The zero-order valence-electron chi connectivity index (χ0n) is 18.2. The van der Waals surface area contributed by atoms with Gasteiger partial charge in [0.15, 0.2) is 0 Å². The van der Waals surface area contributed by atoms with Crippen LogP contribution in [0.25, 0.3) is 5.69 Å². The van der Waals surface area contributed by atoms with Crippen LogP contribution in [0.5, 0.6) is 0 Å². The third-order valence-corrected chi connectivity index (χ3v) is 6.48. The number of hydrogen-bond donors (Lipinski definition) is 0. The minimum absolute atomic E-state index is 0.275. The van der Waals surface area contributed by atoms with Crippen LogP contribution in [0.2, 0.25) is 0 Å². The van der Waals surface area contributed by atoms with Gasteiger partial charge in [-0.2, -0.15) is 18.3 Å². The third-order valence-electron chi connectivity index (χ3n) is 6.48. The average Bonchev–Trinajstić information content (AvgIpc) is 3.44. The number of carbonyl (C=O) groups is 1. The quantitative estimate of drug-likeness (QED) is 0.480. The molecular formula is C26H21F3N4O. The number of fused-ring (bicyclic) bond motifs is 2. The largest absolute Gasteiger partial charge is 0.417 e. The van der Waals surface area contributed by atoms with E-state index >= 15 is 0 Å². The number of carbonyl (C=O) groups excluding carboxylic acids is 1. The van der Waals surface area contributed by atoms with Crippen molar-refractivity contribution in [2.75, 3.05) is 4.90 Å². The highest BCUT2D eigenvalue weighted by Crippen LogP contribution is 2.40. The molecule has 3 aromatic rings. The third kappa shape index (κ3) is 3.59. The summed E-state index contributed by atoms with van der Waals surface area (Å²) in [7, 11) is 0. The maximum Gasteiger partial charge on any atom is 0.417 e. The molecule has 0 saturated heterocycles. The van der Waals surface area contributed by atoms with E-state index < -0.39 is 23.2 Å². The van der Waals surface area contributed by atoms with Crippen LogP contribution in [0.3, 0.4) is 0 Å². The molecule has 2 aromatic carbocycles. The second-order valence-electron chi connectivity index (χ2n) is 8.83. The summed E-state index contributed by atoms with van der Waals surface area (Å²) in [5.74, 6) is -0.323. The molecule has 3 aliphatic rings. The number of nitrogens with zero attached hydrogens (tertiary/aromatic N) is 4. The van der Waals surface area contributed by atoms with E-state index in [0.717, 1.165) is 35.9 Å². The van der Waals surface area contributed by atoms with Crippen molar-refractivity contribution in [3.8, 4) is 5.69 Å². The molecule has 0 bridgehead atoms. The molecule has 1 saturated carbocycles. The van der Waals surface area contributed by atoms with Gasteiger partial charge in [0, 0.05) is 43.2 Å². The first-order valence-corrected chi connectivity index (χ1v) is 11.2. The number of rotatable bonds is 3. The number of anilines is 1. The van der Waals surface area contributed by atoms with Gasteiger partial charge in [0.25, 0.3) is 5.91 Å². The van der Waals surface area contributed by atoms with Gasteiger partial charge in [-0.05, 0) is 48.7 Å². The first-order chi connectivity index (χ1) is 16.4. The molecule has 0 N–H and O–H groups in total. The van der Waals surface area contributed by atoms with Gasteiger partial charge in [-0.25, -0.2) is 4.68 Å². The Morgan fingerprint density at radius 1 is 1.06 bits per heavy atom. The van der Waals surface area contributed by atoms with Crippen molar-refractivity contribution in [3.05, 3.63) is 101 Å². The molecule has 1 aliphatic carbocycles. The second-order valence-corrected chi connectivity index (χ2v) is 8.83. The number of amides is 1. The van der Waals surface area contributed by atoms with Crippen LogP contribution in [0, 0.1) is 0 Å². The van der Waals surface area contributed by atoms with Crippen molar-refractivity contribution in [1.82, 2.24) is 14.7 Å². The van der Waals surface area contributed by atoms with Crippen molar-refractivity contribution in [2.24, 2.45) is 0 Å². The minimum Gasteiger partial charge on any atom is -0.346 e. The summed E-state index contributed by atoms with van der Waals surface area (Å²) in [5.41, 5.74) is 2.10. The molecule has 5 nitrogen and oxygen atoms in total. The van der Waals surface area contributed by atoms with Gasteiger partial charge >= 0.3 is 6.18 Å². The zero-order chi connectivity index (χ0) is 23.4. The molecule has 6 rings (SSSR count). The van der Waals surface area contributed by atoms with E-state index in [4.69, 9.17) is 0 Å². The van der Waals surface area contributed by atoms with Gasteiger partial charge in [-0.3, -0.25) is 9.69 Å². The van der Waals surface area contributed by atoms with Gasteiger partial charge in [-0.1, -0.05) is 24.3 Å². The van der Waals surface area contributed by atoms with Crippen molar-refractivity contribution < 1.29 is 18.0 Å². The fourth-order valence-corrected chi connectivity index (χ4v) is 4.55. The standard InChI is InChI=1S/C26H21F3N4O/c27-26(28,29)22-14-19(33-13-11-23(30-33)17-7-8-17)9-10-21(22)25(34)32-16-20-5-3-12-31(20)15-18-4-1-2-6-24(18)32/h1-4,6,9-14,16-17H,5,7-8,15H2. The predicted molar refractivity (Wildman–Crippen MR) is 121 cm³/mol. The van der Waals surface area contributed by atoms with Gasteiger partial charge in [-0.15, -0.1) is 0 Å². The summed E-state index contributed by atoms with van der Waals surface area (Å²) >= 11 is 0. The molecule has 1 aromatic heterocycles. The Balaban J connectivity index is 1.43. The summed E-state index contributed by atoms with van der Waals surface area (Å²) in [5, 5.41) is 4.44. The number of para-hydroxylation sites is 1. The van der Waals surface area contributed by atoms with Crippen LogP contribution in [0.15, 0.2) is 78.9 Å². The zero-order valence-corrected chi connectivity index (χ0v) is 18.2. The van der Waals surface area contributed by atoms with Crippen LogP contribution in [-0.4, -0.2) is 20.6 Å². The highest BCUT2D eigenvalue weighted by Gasteiger charge is 2.38. The van der Waals surface area contributed by atoms with Crippen LogP contribution in [0.4, 0.5) is 18.9 Å². The van der Waals surface area contributed by atoms with E-state index in [9.17, 15) is 18.0 Å². The lowest BCUT2D eigenvalue weighted by Gasteiger charge is -2.22. The monoisotopic (exact) mass is 462 g/mol. The first-order valence-electron chi connectivity index (χ1n) is 11.2. The summed E-state index contributed by atoms with van der Waals surface area (Å²) in [4.78, 5) is 17.0. The minimum atomic E-state index is -4.70. The topological polar surface area (TPSA) is 41.4 Å². The van der Waals surface area contributed by atoms with Crippen molar-refractivity contribution in [3.63, 3.8) is 0 Å². The molecule has 8 heteroatoms. The number of hydrogen-bond acceptors (Lipinski definition) is 3. The second kappa shape index (κ2) is 7.62. The predicted octanol–water partition coefficient (Wildman–Crippen LogP) is 5.99. The lowest BCUT2D eigenvalue weighted by Crippen LogP contribution is -2.29. The van der Waals surface area contributed by atoms with E-state index in [-0.39, 0.29) is 5.69 Å². The molecule has 172 valence electrons. The molecule has 1 fully saturated rings. The molecule has 34 heavy (non-hydrogen) atoms. The van der Waals surface area contributed by atoms with E-state index in [1.807, 2.05) is 35.4 Å². The fraction of sp³-hybridized carbons (Fsp3) is 0.231. The molecule has 3 heterocycles. The molecule has 0 atom stereocenters. The Morgan fingerprint density at radius 3 is 2.68 bits per heavy atom. The first kappa shape index (κ1) is 20.8. The average molecular weight is 462 g/mol. The molecule has 2 aliphatic heterocycles. The highest BCUT2D eigenvalue weighted by atomic mass is 19.4. The fourth-order valence-electron chi connectivity index (χ4n) is 4.55. The molecule has 1 amide bonds. The Kier molecular flexibility index (Phi) is 4.65. The molecule has 0 spiro atoms. The van der Waals surface area contributed by atoms with Crippen LogP contribution in [0.1, 0.15) is 52.4 Å².